The van der Waals surface area contributed by atoms with Gasteiger partial charge in [0.1, 0.15) is 11.5 Å². The molecule has 0 radical (unpaired) electrons. The molecule has 0 aliphatic rings. The fourth-order valence-electron chi connectivity index (χ4n) is 2.60. The van der Waals surface area contributed by atoms with Gasteiger partial charge in [-0.25, -0.2) is 4.79 Å². The van der Waals surface area contributed by atoms with E-state index in [2.05, 4.69) is 0 Å². The summed E-state index contributed by atoms with van der Waals surface area (Å²) in [5.41, 5.74) is 1.99. The number of carbonyl (C=O) groups excluding carboxylic acids is 1. The van der Waals surface area contributed by atoms with Crippen LogP contribution in [-0.4, -0.2) is 41.6 Å². The molecule has 0 saturated heterocycles. The highest BCUT2D eigenvalue weighted by Gasteiger charge is 2.22. The molecule has 2 rings (SSSR count). The number of carboxylic acids is 1. The van der Waals surface area contributed by atoms with Crippen molar-refractivity contribution in [1.29, 1.82) is 0 Å². The van der Waals surface area contributed by atoms with Gasteiger partial charge in [0.2, 0.25) is 0 Å². The number of amides is 1. The van der Waals surface area contributed by atoms with Gasteiger partial charge in [-0.15, -0.1) is 0 Å². The van der Waals surface area contributed by atoms with Gasteiger partial charge in [0, 0.05) is 13.6 Å². The fraction of sp³-hybridized carbons (Fsp3) is 0.333. The number of hydrogen-bond donors (Lipinski definition) is 1. The summed E-state index contributed by atoms with van der Waals surface area (Å²) in [6.45, 7) is 3.93. The van der Waals surface area contributed by atoms with Gasteiger partial charge in [0.05, 0.1) is 0 Å². The molecule has 6 heteroatoms. The Hall–Kier alpha value is -3.02. The van der Waals surface area contributed by atoms with Crippen LogP contribution in [0.4, 0.5) is 0 Å². The predicted molar refractivity (Wildman–Crippen MR) is 102 cm³/mol. The quantitative estimate of drug-likeness (QED) is 0.732. The zero-order valence-electron chi connectivity index (χ0n) is 15.8. The van der Waals surface area contributed by atoms with Crippen molar-refractivity contribution in [2.45, 2.75) is 32.9 Å². The molecule has 6 nitrogen and oxygen atoms in total. The van der Waals surface area contributed by atoms with E-state index in [1.165, 1.54) is 0 Å². The van der Waals surface area contributed by atoms with Crippen molar-refractivity contribution in [3.63, 3.8) is 0 Å². The largest absolute Gasteiger partial charge is 0.482 e. The summed E-state index contributed by atoms with van der Waals surface area (Å²) in [6.07, 6.45) is 0.0222. The molecule has 0 bridgehead atoms. The van der Waals surface area contributed by atoms with Gasteiger partial charge < -0.3 is 19.5 Å². The van der Waals surface area contributed by atoms with E-state index in [0.717, 1.165) is 11.1 Å². The second kappa shape index (κ2) is 9.62. The van der Waals surface area contributed by atoms with Crippen LogP contribution in [0.15, 0.2) is 48.5 Å². The molecule has 0 aromatic heterocycles. The van der Waals surface area contributed by atoms with Crippen LogP contribution in [0.1, 0.15) is 24.5 Å². The van der Waals surface area contributed by atoms with Gasteiger partial charge in [-0.2, -0.15) is 0 Å². The van der Waals surface area contributed by atoms with E-state index in [1.54, 1.807) is 24.1 Å². The number of aliphatic carboxylic acids is 1. The molecule has 0 saturated carbocycles. The van der Waals surface area contributed by atoms with Crippen molar-refractivity contribution < 1.29 is 24.2 Å². The van der Waals surface area contributed by atoms with Crippen LogP contribution in [-0.2, 0) is 16.1 Å². The van der Waals surface area contributed by atoms with Gasteiger partial charge >= 0.3 is 5.97 Å². The molecule has 27 heavy (non-hydrogen) atoms. The smallest absolute Gasteiger partial charge is 0.341 e. The van der Waals surface area contributed by atoms with Gasteiger partial charge in [-0.05, 0) is 48.7 Å². The van der Waals surface area contributed by atoms with Gasteiger partial charge in [0.15, 0.2) is 12.7 Å². The van der Waals surface area contributed by atoms with Crippen molar-refractivity contribution in [2.75, 3.05) is 13.7 Å². The lowest BCUT2D eigenvalue weighted by Gasteiger charge is -2.24. The van der Waals surface area contributed by atoms with Crippen LogP contribution in [0.3, 0.4) is 0 Å². The van der Waals surface area contributed by atoms with E-state index in [1.807, 2.05) is 50.2 Å². The molecule has 0 heterocycles. The van der Waals surface area contributed by atoms with E-state index in [4.69, 9.17) is 14.6 Å². The minimum Gasteiger partial charge on any atom is -0.482 e. The number of ether oxygens (including phenoxy) is 2. The maximum atomic E-state index is 12.7. The monoisotopic (exact) mass is 371 g/mol. The average Bonchev–Trinajstić information content (AvgIpc) is 2.65. The third-order valence-electron chi connectivity index (χ3n) is 4.00. The summed E-state index contributed by atoms with van der Waals surface area (Å²) < 4.78 is 11.0. The van der Waals surface area contributed by atoms with Crippen molar-refractivity contribution >= 4 is 11.9 Å². The first-order chi connectivity index (χ1) is 12.9. The SMILES string of the molecule is CCC(Oc1cccc(C)c1)C(=O)N(C)Cc1ccc(OCC(=O)O)cc1. The number of carboxylic acid groups (broad SMARTS) is 1. The van der Waals surface area contributed by atoms with Gasteiger partial charge in [0.25, 0.3) is 5.91 Å². The Bertz CT molecular complexity index is 772. The maximum Gasteiger partial charge on any atom is 0.341 e. The number of carbonyl (C=O) groups is 2. The average molecular weight is 371 g/mol. The third-order valence-corrected chi connectivity index (χ3v) is 4.00. The van der Waals surface area contributed by atoms with Crippen LogP contribution < -0.4 is 9.47 Å². The summed E-state index contributed by atoms with van der Waals surface area (Å²) in [5.74, 6) is 0.0433. The van der Waals surface area contributed by atoms with Crippen LogP contribution >= 0.6 is 0 Å². The molecule has 0 aliphatic heterocycles. The van der Waals surface area contributed by atoms with Crippen molar-refractivity contribution in [3.05, 3.63) is 59.7 Å². The summed E-state index contributed by atoms with van der Waals surface area (Å²) >= 11 is 0. The molecule has 144 valence electrons. The van der Waals surface area contributed by atoms with E-state index in [0.29, 0.717) is 24.5 Å². The Labute approximate surface area is 159 Å². The number of nitrogens with zero attached hydrogens (tertiary/aromatic N) is 1. The Morgan fingerprint density at radius 1 is 1.11 bits per heavy atom. The number of benzene rings is 2. The van der Waals surface area contributed by atoms with Gasteiger partial charge in [-0.1, -0.05) is 31.2 Å². The second-order valence-corrected chi connectivity index (χ2v) is 6.35. The molecule has 1 amide bonds. The standard InChI is InChI=1S/C21H25NO5/c1-4-19(27-18-7-5-6-15(2)12-18)21(25)22(3)13-16-8-10-17(11-9-16)26-14-20(23)24/h5-12,19H,4,13-14H2,1-3H3,(H,23,24). The first kappa shape index (κ1) is 20.3. The first-order valence-electron chi connectivity index (χ1n) is 8.81. The number of likely N-dealkylation sites (N-methyl/N-ethyl adjacent to an activating group) is 1. The van der Waals surface area contributed by atoms with Crippen LogP contribution in [0.5, 0.6) is 11.5 Å². The molecule has 0 aliphatic carbocycles. The van der Waals surface area contributed by atoms with Crippen LogP contribution in [0.2, 0.25) is 0 Å². The molecule has 2 aromatic rings. The number of rotatable bonds is 9. The summed E-state index contributed by atoms with van der Waals surface area (Å²) in [7, 11) is 1.74. The summed E-state index contributed by atoms with van der Waals surface area (Å²) in [4.78, 5) is 24.9. The Balaban J connectivity index is 1.95. The van der Waals surface area contributed by atoms with E-state index < -0.39 is 12.1 Å². The highest BCUT2D eigenvalue weighted by Crippen LogP contribution is 2.18. The maximum absolute atomic E-state index is 12.7. The molecular formula is C21H25NO5. The summed E-state index contributed by atoms with van der Waals surface area (Å²) in [5, 5.41) is 8.62. The zero-order chi connectivity index (χ0) is 19.8. The Kier molecular flexibility index (Phi) is 7.23. The second-order valence-electron chi connectivity index (χ2n) is 6.35. The lowest BCUT2D eigenvalue weighted by Crippen LogP contribution is -2.39. The molecule has 0 fully saturated rings. The van der Waals surface area contributed by atoms with Gasteiger partial charge in [-0.3, -0.25) is 4.79 Å². The highest BCUT2D eigenvalue weighted by atomic mass is 16.5. The minimum absolute atomic E-state index is 0.0924. The van der Waals surface area contributed by atoms with E-state index >= 15 is 0 Å². The lowest BCUT2D eigenvalue weighted by atomic mass is 10.2. The van der Waals surface area contributed by atoms with E-state index in [9.17, 15) is 9.59 Å². The zero-order valence-corrected chi connectivity index (χ0v) is 15.8. The summed E-state index contributed by atoms with van der Waals surface area (Å²) in [6, 6.07) is 14.6. The normalized spacial score (nSPS) is 11.5. The van der Waals surface area contributed by atoms with E-state index in [-0.39, 0.29) is 12.5 Å². The minimum atomic E-state index is -1.02. The molecule has 1 unspecified atom stereocenters. The number of hydrogen-bond acceptors (Lipinski definition) is 4. The Morgan fingerprint density at radius 3 is 2.41 bits per heavy atom. The molecule has 1 N–H and O–H groups in total. The van der Waals surface area contributed by atoms with Crippen LogP contribution in [0.25, 0.3) is 0 Å². The third kappa shape index (κ3) is 6.33. The van der Waals surface area contributed by atoms with Crippen LogP contribution in [0, 0.1) is 6.92 Å². The predicted octanol–water partition coefficient (Wildman–Crippen LogP) is 3.27. The molecule has 1 atom stereocenters. The molecule has 0 spiro atoms. The van der Waals surface area contributed by atoms with Crippen molar-refractivity contribution in [1.82, 2.24) is 4.90 Å². The topological polar surface area (TPSA) is 76.1 Å². The fourth-order valence-corrected chi connectivity index (χ4v) is 2.60. The van der Waals surface area contributed by atoms with Crippen molar-refractivity contribution in [2.24, 2.45) is 0 Å². The molecular weight excluding hydrogens is 346 g/mol. The first-order valence-corrected chi connectivity index (χ1v) is 8.81. The Morgan fingerprint density at radius 2 is 1.81 bits per heavy atom. The number of aryl methyl sites for hydroxylation is 1. The lowest BCUT2D eigenvalue weighted by molar-refractivity contribution is -0.139. The van der Waals surface area contributed by atoms with Crippen molar-refractivity contribution in [3.8, 4) is 11.5 Å². The highest BCUT2D eigenvalue weighted by molar-refractivity contribution is 5.81. The molecule has 2 aromatic carbocycles.